The van der Waals surface area contributed by atoms with Gasteiger partial charge in [-0.2, -0.15) is 0 Å². The Kier molecular flexibility index (Phi) is 4.60. The fourth-order valence-electron chi connectivity index (χ4n) is 1.79. The van der Waals surface area contributed by atoms with Crippen LogP contribution in [0.1, 0.15) is 11.1 Å². The van der Waals surface area contributed by atoms with Gasteiger partial charge in [0.05, 0.1) is 0 Å². The average Bonchev–Trinajstić information content (AvgIpc) is 2.33. The summed E-state index contributed by atoms with van der Waals surface area (Å²) in [5.41, 5.74) is 2.54. The van der Waals surface area contributed by atoms with Gasteiger partial charge < -0.3 is 10.1 Å². The molecule has 94 valence electrons. The number of ether oxygens (including phenoxy) is 1. The second kappa shape index (κ2) is 6.20. The smallest absolute Gasteiger partial charge is 0.128 e. The summed E-state index contributed by atoms with van der Waals surface area (Å²) in [5.74, 6) is 1.76. The van der Waals surface area contributed by atoms with E-state index in [4.69, 9.17) is 4.74 Å². The molecule has 0 aliphatic rings. The summed E-state index contributed by atoms with van der Waals surface area (Å²) < 4.78 is 7.02. The molecule has 0 heterocycles. The minimum Gasteiger partial charge on any atom is -0.457 e. The van der Waals surface area contributed by atoms with Crippen molar-refractivity contribution >= 4 is 22.6 Å². The number of rotatable bonds is 4. The molecule has 0 fully saturated rings. The van der Waals surface area contributed by atoms with Gasteiger partial charge in [-0.3, -0.25) is 0 Å². The van der Waals surface area contributed by atoms with E-state index < -0.39 is 0 Å². The molecule has 3 heteroatoms. The highest BCUT2D eigenvalue weighted by Gasteiger charge is 2.02. The highest BCUT2D eigenvalue weighted by Crippen LogP contribution is 2.25. The Morgan fingerprint density at radius 3 is 2.56 bits per heavy atom. The van der Waals surface area contributed by atoms with Crippen LogP contribution in [-0.4, -0.2) is 7.05 Å². The van der Waals surface area contributed by atoms with Crippen LogP contribution in [0.3, 0.4) is 0 Å². The van der Waals surface area contributed by atoms with Crippen LogP contribution < -0.4 is 10.1 Å². The van der Waals surface area contributed by atoms with Gasteiger partial charge in [0.15, 0.2) is 0 Å². The van der Waals surface area contributed by atoms with Crippen molar-refractivity contribution < 1.29 is 4.74 Å². The number of aryl methyl sites for hydroxylation is 1. The number of nitrogens with one attached hydrogen (secondary N) is 1. The van der Waals surface area contributed by atoms with Crippen LogP contribution in [0.25, 0.3) is 0 Å². The van der Waals surface area contributed by atoms with E-state index in [-0.39, 0.29) is 0 Å². The molecule has 0 saturated carbocycles. The second-order valence-corrected chi connectivity index (χ2v) is 5.42. The molecule has 0 atom stereocenters. The zero-order valence-corrected chi connectivity index (χ0v) is 12.7. The highest BCUT2D eigenvalue weighted by atomic mass is 127. The molecule has 2 rings (SSSR count). The van der Waals surface area contributed by atoms with Crippen LogP contribution in [-0.2, 0) is 6.54 Å². The van der Waals surface area contributed by atoms with E-state index in [9.17, 15) is 0 Å². The first kappa shape index (κ1) is 13.4. The number of benzene rings is 2. The quantitative estimate of drug-likeness (QED) is 0.836. The van der Waals surface area contributed by atoms with Gasteiger partial charge in [0.25, 0.3) is 0 Å². The molecule has 18 heavy (non-hydrogen) atoms. The number of hydrogen-bond acceptors (Lipinski definition) is 2. The molecule has 0 aliphatic heterocycles. The van der Waals surface area contributed by atoms with Crippen molar-refractivity contribution in [3.63, 3.8) is 0 Å². The van der Waals surface area contributed by atoms with E-state index in [2.05, 4.69) is 53.0 Å². The van der Waals surface area contributed by atoms with Gasteiger partial charge in [-0.05, 0) is 78.0 Å². The minimum atomic E-state index is 0.877. The monoisotopic (exact) mass is 353 g/mol. The molecule has 0 bridgehead atoms. The minimum absolute atomic E-state index is 0.877. The Hall–Kier alpha value is -1.07. The average molecular weight is 353 g/mol. The lowest BCUT2D eigenvalue weighted by molar-refractivity contribution is 0.481. The summed E-state index contributed by atoms with van der Waals surface area (Å²) in [5, 5.41) is 3.16. The van der Waals surface area contributed by atoms with Crippen LogP contribution in [0.15, 0.2) is 42.5 Å². The van der Waals surface area contributed by atoms with Crippen molar-refractivity contribution in [2.24, 2.45) is 0 Å². The van der Waals surface area contributed by atoms with Crippen LogP contribution in [0, 0.1) is 10.5 Å². The van der Waals surface area contributed by atoms with Crippen LogP contribution >= 0.6 is 22.6 Å². The third kappa shape index (κ3) is 3.46. The molecule has 0 unspecified atom stereocenters. The van der Waals surface area contributed by atoms with E-state index in [0.717, 1.165) is 18.0 Å². The zero-order valence-electron chi connectivity index (χ0n) is 10.5. The van der Waals surface area contributed by atoms with Gasteiger partial charge in [0.1, 0.15) is 11.5 Å². The summed E-state index contributed by atoms with van der Waals surface area (Å²) >= 11 is 2.28. The zero-order chi connectivity index (χ0) is 13.0. The topological polar surface area (TPSA) is 21.3 Å². The van der Waals surface area contributed by atoms with Crippen molar-refractivity contribution in [1.82, 2.24) is 5.32 Å². The number of halogens is 1. The maximum atomic E-state index is 5.85. The van der Waals surface area contributed by atoms with Crippen LogP contribution in [0.5, 0.6) is 11.5 Å². The predicted molar refractivity (Wildman–Crippen MR) is 83.2 cm³/mol. The van der Waals surface area contributed by atoms with Gasteiger partial charge in [-0.15, -0.1) is 0 Å². The fraction of sp³-hybridized carbons (Fsp3) is 0.200. The Morgan fingerprint density at radius 2 is 1.89 bits per heavy atom. The molecule has 2 aromatic carbocycles. The van der Waals surface area contributed by atoms with Crippen molar-refractivity contribution in [3.05, 3.63) is 57.2 Å². The highest BCUT2D eigenvalue weighted by molar-refractivity contribution is 14.1. The summed E-state index contributed by atoms with van der Waals surface area (Å²) in [6.07, 6.45) is 0. The molecule has 0 spiro atoms. The molecule has 0 radical (unpaired) electrons. The maximum absolute atomic E-state index is 5.85. The third-order valence-corrected chi connectivity index (χ3v) is 3.38. The lowest BCUT2D eigenvalue weighted by Crippen LogP contribution is -2.06. The summed E-state index contributed by atoms with van der Waals surface area (Å²) in [7, 11) is 1.95. The maximum Gasteiger partial charge on any atom is 0.128 e. The Bertz CT molecular complexity index is 540. The van der Waals surface area contributed by atoms with Crippen molar-refractivity contribution in [2.45, 2.75) is 13.5 Å². The normalized spacial score (nSPS) is 10.4. The molecule has 1 N–H and O–H groups in total. The second-order valence-electron chi connectivity index (χ2n) is 4.18. The van der Waals surface area contributed by atoms with Crippen LogP contribution in [0.4, 0.5) is 0 Å². The molecule has 0 amide bonds. The first-order valence-corrected chi connectivity index (χ1v) is 6.94. The predicted octanol–water partition coefficient (Wildman–Crippen LogP) is 4.11. The van der Waals surface area contributed by atoms with Gasteiger partial charge in [0.2, 0.25) is 0 Å². The standard InChI is InChI=1S/C15H16INO/c1-11-8-15(7-6-12(11)10-17-2)18-14-5-3-4-13(16)9-14/h3-9,17H,10H2,1-2H3. The van der Waals surface area contributed by atoms with Gasteiger partial charge in [-0.25, -0.2) is 0 Å². The van der Waals surface area contributed by atoms with E-state index >= 15 is 0 Å². The number of hydrogen-bond donors (Lipinski definition) is 1. The summed E-state index contributed by atoms with van der Waals surface area (Å²) in [6.45, 7) is 2.99. The van der Waals surface area contributed by atoms with E-state index in [1.807, 2.05) is 31.3 Å². The van der Waals surface area contributed by atoms with Crippen molar-refractivity contribution in [2.75, 3.05) is 7.05 Å². The first-order valence-electron chi connectivity index (χ1n) is 5.86. The third-order valence-electron chi connectivity index (χ3n) is 2.71. The molecular weight excluding hydrogens is 337 g/mol. The molecule has 2 aromatic rings. The van der Waals surface area contributed by atoms with Gasteiger partial charge >= 0.3 is 0 Å². The molecule has 0 aliphatic carbocycles. The van der Waals surface area contributed by atoms with E-state index in [1.165, 1.54) is 14.7 Å². The largest absolute Gasteiger partial charge is 0.457 e. The SMILES string of the molecule is CNCc1ccc(Oc2cccc(I)c2)cc1C. The van der Waals surface area contributed by atoms with E-state index in [1.54, 1.807) is 0 Å². The van der Waals surface area contributed by atoms with Crippen LogP contribution in [0.2, 0.25) is 0 Å². The molecule has 0 saturated heterocycles. The van der Waals surface area contributed by atoms with Crippen molar-refractivity contribution in [1.29, 1.82) is 0 Å². The van der Waals surface area contributed by atoms with Gasteiger partial charge in [-0.1, -0.05) is 12.1 Å². The molecular formula is C15H16INO. The van der Waals surface area contributed by atoms with Gasteiger partial charge in [0, 0.05) is 10.1 Å². The fourth-order valence-corrected chi connectivity index (χ4v) is 2.30. The van der Waals surface area contributed by atoms with Crippen molar-refractivity contribution in [3.8, 4) is 11.5 Å². The Balaban J connectivity index is 2.17. The lowest BCUT2D eigenvalue weighted by Gasteiger charge is -2.10. The van der Waals surface area contributed by atoms with E-state index in [0.29, 0.717) is 0 Å². The summed E-state index contributed by atoms with van der Waals surface area (Å²) in [4.78, 5) is 0. The summed E-state index contributed by atoms with van der Waals surface area (Å²) in [6, 6.07) is 14.2. The molecule has 0 aromatic heterocycles. The lowest BCUT2D eigenvalue weighted by atomic mass is 10.1. The Morgan fingerprint density at radius 1 is 1.11 bits per heavy atom. The Labute approximate surface area is 122 Å². The molecule has 2 nitrogen and oxygen atoms in total. The first-order chi connectivity index (χ1) is 8.69.